The minimum absolute atomic E-state index is 0.0784. The zero-order valence-electron chi connectivity index (χ0n) is 8.94. The zero-order valence-corrected chi connectivity index (χ0v) is 10.5. The Hall–Kier alpha value is -1.80. The van der Waals surface area contributed by atoms with Gasteiger partial charge in [-0.3, -0.25) is 9.59 Å². The fraction of sp³-hybridized carbons (Fsp3) is 0.167. The number of nitrogens with two attached hydrogens (primary N) is 1. The lowest BCUT2D eigenvalue weighted by atomic mass is 10.1. The Morgan fingerprint density at radius 1 is 1.53 bits per heavy atom. The third-order valence-electron chi connectivity index (χ3n) is 2.06. The summed E-state index contributed by atoms with van der Waals surface area (Å²) in [6, 6.07) is 5.95. The fourth-order valence-electron chi connectivity index (χ4n) is 1.21. The third kappa shape index (κ3) is 3.93. The molecule has 1 aromatic carbocycles. The van der Waals surface area contributed by atoms with Crippen LogP contribution in [0.3, 0.4) is 0 Å². The van der Waals surface area contributed by atoms with Crippen LogP contribution in [0.5, 0.6) is 0 Å². The van der Waals surface area contributed by atoms with Crippen molar-refractivity contribution in [1.29, 1.82) is 0 Å². The van der Waals surface area contributed by atoms with Crippen LogP contribution in [-0.4, -0.2) is 17.9 Å². The second-order valence-electron chi connectivity index (χ2n) is 3.35. The lowest BCUT2D eigenvalue weighted by Gasteiger charge is -2.12. The van der Waals surface area contributed by atoms with Gasteiger partial charge in [-0.1, -0.05) is 22.0 Å². The molecule has 4 nitrogen and oxygen atoms in total. The predicted octanol–water partition coefficient (Wildman–Crippen LogP) is 1.06. The topological polar surface area (TPSA) is 72.2 Å². The lowest BCUT2D eigenvalue weighted by molar-refractivity contribution is -0.119. The molecule has 0 aliphatic rings. The van der Waals surface area contributed by atoms with E-state index in [1.165, 1.54) is 0 Å². The van der Waals surface area contributed by atoms with Crippen molar-refractivity contribution >= 4 is 27.7 Å². The molecule has 0 saturated carbocycles. The van der Waals surface area contributed by atoms with E-state index in [0.29, 0.717) is 5.56 Å². The quantitative estimate of drug-likeness (QED) is 0.815. The number of carbonyl (C=O) groups excluding carboxylic acids is 2. The van der Waals surface area contributed by atoms with Gasteiger partial charge >= 0.3 is 0 Å². The molecule has 0 saturated heterocycles. The number of carbonyl (C=O) groups is 2. The Kier molecular flexibility index (Phi) is 4.73. The summed E-state index contributed by atoms with van der Waals surface area (Å²) in [4.78, 5) is 22.8. The van der Waals surface area contributed by atoms with Crippen molar-refractivity contribution in [3.63, 3.8) is 0 Å². The first-order valence-electron chi connectivity index (χ1n) is 4.84. The molecule has 5 heteroatoms. The van der Waals surface area contributed by atoms with E-state index in [1.54, 1.807) is 24.3 Å². The Morgan fingerprint density at radius 2 is 2.24 bits per heavy atom. The smallest absolute Gasteiger partial charge is 0.251 e. The summed E-state index contributed by atoms with van der Waals surface area (Å²) >= 11 is 3.25. The molecular formula is C12H11BrN2O2. The molecule has 17 heavy (non-hydrogen) atoms. The summed E-state index contributed by atoms with van der Waals surface area (Å²) in [7, 11) is 0. The van der Waals surface area contributed by atoms with Crippen molar-refractivity contribution in [3.8, 4) is 12.3 Å². The first-order chi connectivity index (χ1) is 8.04. The summed E-state index contributed by atoms with van der Waals surface area (Å²) in [6.07, 6.45) is 5.17. The molecule has 0 aromatic heterocycles. The molecular weight excluding hydrogens is 284 g/mol. The van der Waals surface area contributed by atoms with Gasteiger partial charge in [-0.2, -0.15) is 0 Å². The number of nitrogens with one attached hydrogen (secondary N) is 1. The number of benzene rings is 1. The van der Waals surface area contributed by atoms with E-state index in [2.05, 4.69) is 27.2 Å². The maximum atomic E-state index is 11.8. The summed E-state index contributed by atoms with van der Waals surface area (Å²) in [5, 5.41) is 2.48. The number of amides is 2. The monoisotopic (exact) mass is 294 g/mol. The van der Waals surface area contributed by atoms with E-state index in [4.69, 9.17) is 12.2 Å². The summed E-state index contributed by atoms with van der Waals surface area (Å²) in [5.74, 6) is 1.26. The van der Waals surface area contributed by atoms with Crippen molar-refractivity contribution in [2.24, 2.45) is 5.73 Å². The van der Waals surface area contributed by atoms with E-state index in [1.807, 2.05) is 0 Å². The van der Waals surface area contributed by atoms with Crippen molar-refractivity contribution in [2.75, 3.05) is 0 Å². The molecule has 1 rings (SSSR count). The summed E-state index contributed by atoms with van der Waals surface area (Å²) < 4.78 is 0.776. The van der Waals surface area contributed by atoms with Crippen LogP contribution in [0.1, 0.15) is 16.8 Å². The molecule has 0 radical (unpaired) electrons. The normalized spacial score (nSPS) is 11.3. The van der Waals surface area contributed by atoms with E-state index in [9.17, 15) is 9.59 Å². The minimum atomic E-state index is -0.841. The highest BCUT2D eigenvalue weighted by atomic mass is 79.9. The van der Waals surface area contributed by atoms with Gasteiger partial charge in [0.05, 0.1) is 0 Å². The first kappa shape index (κ1) is 13.3. The highest BCUT2D eigenvalue weighted by Crippen LogP contribution is 2.11. The fourth-order valence-corrected chi connectivity index (χ4v) is 1.61. The maximum Gasteiger partial charge on any atom is 0.251 e. The van der Waals surface area contributed by atoms with Crippen molar-refractivity contribution in [1.82, 2.24) is 5.32 Å². The van der Waals surface area contributed by atoms with Crippen LogP contribution in [0.4, 0.5) is 0 Å². The van der Waals surface area contributed by atoms with Gasteiger partial charge < -0.3 is 11.1 Å². The molecule has 0 heterocycles. The minimum Gasteiger partial charge on any atom is -0.368 e. The van der Waals surface area contributed by atoms with Crippen LogP contribution in [0, 0.1) is 12.3 Å². The van der Waals surface area contributed by atoms with Gasteiger partial charge in [-0.15, -0.1) is 12.3 Å². The van der Waals surface area contributed by atoms with Crippen LogP contribution < -0.4 is 11.1 Å². The lowest BCUT2D eigenvalue weighted by Crippen LogP contribution is -2.44. The van der Waals surface area contributed by atoms with Crippen LogP contribution >= 0.6 is 15.9 Å². The predicted molar refractivity (Wildman–Crippen MR) is 68.0 cm³/mol. The third-order valence-corrected chi connectivity index (χ3v) is 2.55. The molecule has 88 valence electrons. The number of rotatable bonds is 4. The van der Waals surface area contributed by atoms with Crippen LogP contribution in [-0.2, 0) is 4.79 Å². The van der Waals surface area contributed by atoms with Gasteiger partial charge in [0, 0.05) is 16.5 Å². The van der Waals surface area contributed by atoms with Crippen LogP contribution in [0.25, 0.3) is 0 Å². The number of hydrogen-bond donors (Lipinski definition) is 2. The van der Waals surface area contributed by atoms with Gasteiger partial charge in [0.1, 0.15) is 6.04 Å². The van der Waals surface area contributed by atoms with Crippen LogP contribution in [0.15, 0.2) is 28.7 Å². The van der Waals surface area contributed by atoms with E-state index in [0.717, 1.165) is 4.47 Å². The second-order valence-corrected chi connectivity index (χ2v) is 4.26. The Labute approximate surface area is 108 Å². The molecule has 2 amide bonds. The standard InChI is InChI=1S/C12H11BrN2O2/c1-2-4-10(11(14)16)15-12(17)8-5-3-6-9(13)7-8/h1,3,5-7,10H,4H2,(H2,14,16)(H,15,17)/t10-/m1/s1. The molecule has 0 bridgehead atoms. The van der Waals surface area contributed by atoms with Crippen molar-refractivity contribution in [2.45, 2.75) is 12.5 Å². The molecule has 0 unspecified atom stereocenters. The first-order valence-corrected chi connectivity index (χ1v) is 5.63. The molecule has 0 fully saturated rings. The highest BCUT2D eigenvalue weighted by Gasteiger charge is 2.17. The second kappa shape index (κ2) is 6.06. The summed E-state index contributed by atoms with van der Waals surface area (Å²) in [6.45, 7) is 0. The van der Waals surface area contributed by atoms with Crippen molar-refractivity contribution in [3.05, 3.63) is 34.3 Å². The number of primary amides is 1. The van der Waals surface area contributed by atoms with E-state index >= 15 is 0 Å². The molecule has 3 N–H and O–H groups in total. The average Bonchev–Trinajstić information content (AvgIpc) is 2.28. The van der Waals surface area contributed by atoms with Gasteiger partial charge in [0.25, 0.3) is 5.91 Å². The Morgan fingerprint density at radius 3 is 2.76 bits per heavy atom. The van der Waals surface area contributed by atoms with E-state index < -0.39 is 11.9 Å². The number of halogens is 1. The van der Waals surface area contributed by atoms with Gasteiger partial charge in [0.2, 0.25) is 5.91 Å². The molecule has 0 aliphatic heterocycles. The molecule has 0 aliphatic carbocycles. The SMILES string of the molecule is C#CC[C@@H](NC(=O)c1cccc(Br)c1)C(N)=O. The van der Waals surface area contributed by atoms with Gasteiger partial charge in [-0.25, -0.2) is 0 Å². The Bertz CT molecular complexity index is 480. The van der Waals surface area contributed by atoms with Gasteiger partial charge in [0.15, 0.2) is 0 Å². The van der Waals surface area contributed by atoms with E-state index in [-0.39, 0.29) is 12.3 Å². The maximum absolute atomic E-state index is 11.8. The highest BCUT2D eigenvalue weighted by molar-refractivity contribution is 9.10. The molecule has 1 atom stereocenters. The average molecular weight is 295 g/mol. The molecule has 1 aromatic rings. The Balaban J connectivity index is 2.78. The summed E-state index contributed by atoms with van der Waals surface area (Å²) in [5.41, 5.74) is 5.55. The number of hydrogen-bond acceptors (Lipinski definition) is 2. The number of terminal acetylenes is 1. The van der Waals surface area contributed by atoms with Crippen molar-refractivity contribution < 1.29 is 9.59 Å². The largest absolute Gasteiger partial charge is 0.368 e. The van der Waals surface area contributed by atoms with Crippen LogP contribution in [0.2, 0.25) is 0 Å². The zero-order chi connectivity index (χ0) is 12.8. The van der Waals surface area contributed by atoms with Gasteiger partial charge in [-0.05, 0) is 18.2 Å². The molecule has 0 spiro atoms.